The summed E-state index contributed by atoms with van der Waals surface area (Å²) in [5.41, 5.74) is 3.24. The first-order valence-corrected chi connectivity index (χ1v) is 13.6. The van der Waals surface area contributed by atoms with Gasteiger partial charge in [-0.15, -0.1) is 0 Å². The van der Waals surface area contributed by atoms with Crippen molar-refractivity contribution in [3.05, 3.63) is 35.5 Å². The van der Waals surface area contributed by atoms with Crippen LogP contribution in [0.4, 0.5) is 5.95 Å². The van der Waals surface area contributed by atoms with Crippen molar-refractivity contribution in [1.29, 1.82) is 0 Å². The summed E-state index contributed by atoms with van der Waals surface area (Å²) in [6.07, 6.45) is 10.7. The van der Waals surface area contributed by atoms with E-state index in [2.05, 4.69) is 33.0 Å². The number of anilines is 1. The molecule has 178 valence electrons. The highest BCUT2D eigenvalue weighted by molar-refractivity contribution is 7.88. The molecule has 0 amide bonds. The molecule has 1 saturated heterocycles. The lowest BCUT2D eigenvalue weighted by atomic mass is 9.89. The van der Waals surface area contributed by atoms with E-state index in [0.29, 0.717) is 37.3 Å². The van der Waals surface area contributed by atoms with Crippen molar-refractivity contribution in [2.45, 2.75) is 51.6 Å². The van der Waals surface area contributed by atoms with E-state index in [-0.39, 0.29) is 6.10 Å². The van der Waals surface area contributed by atoms with Crippen LogP contribution in [0.5, 0.6) is 5.75 Å². The minimum Gasteiger partial charge on any atom is -0.488 e. The maximum atomic E-state index is 11.7. The summed E-state index contributed by atoms with van der Waals surface area (Å²) in [7, 11) is -3.15. The number of aromatic nitrogens is 3. The Morgan fingerprint density at radius 1 is 1.21 bits per heavy atom. The van der Waals surface area contributed by atoms with Crippen LogP contribution in [0.2, 0.25) is 0 Å². The van der Waals surface area contributed by atoms with E-state index in [1.54, 1.807) is 0 Å². The summed E-state index contributed by atoms with van der Waals surface area (Å²) < 4.78 is 36.6. The maximum Gasteiger partial charge on any atom is 0.266 e. The monoisotopic (exact) mass is 473 g/mol. The highest BCUT2D eigenvalue weighted by atomic mass is 32.2. The Hall–Kier alpha value is -2.46. The summed E-state index contributed by atoms with van der Waals surface area (Å²) >= 11 is 0. The Kier molecular flexibility index (Phi) is 6.13. The first-order valence-electron chi connectivity index (χ1n) is 11.8. The molecule has 5 rings (SSSR count). The molecule has 0 N–H and O–H groups in total. The molecule has 5 heterocycles. The van der Waals surface area contributed by atoms with E-state index in [4.69, 9.17) is 9.26 Å². The molecule has 0 bridgehead atoms. The molecular formula is C23H31N5O4S. The molecule has 9 nitrogen and oxygen atoms in total. The Morgan fingerprint density at radius 2 is 2.03 bits per heavy atom. The number of fused-ring (bicyclic) bond motifs is 1. The van der Waals surface area contributed by atoms with Crippen LogP contribution in [0.15, 0.2) is 22.9 Å². The van der Waals surface area contributed by atoms with E-state index in [9.17, 15) is 8.42 Å². The van der Waals surface area contributed by atoms with Gasteiger partial charge in [-0.3, -0.25) is 4.98 Å². The van der Waals surface area contributed by atoms with Crippen LogP contribution in [0.25, 0.3) is 5.57 Å². The lowest BCUT2D eigenvalue weighted by Gasteiger charge is -2.33. The quantitative estimate of drug-likeness (QED) is 0.631. The van der Waals surface area contributed by atoms with E-state index >= 15 is 0 Å². The summed E-state index contributed by atoms with van der Waals surface area (Å²) in [5.74, 6) is 2.78. The molecule has 10 heteroatoms. The van der Waals surface area contributed by atoms with Crippen LogP contribution in [-0.2, 0) is 22.9 Å². The Bertz CT molecular complexity index is 1140. The fourth-order valence-electron chi connectivity index (χ4n) is 4.96. The molecule has 2 aromatic heterocycles. The van der Waals surface area contributed by atoms with Crippen LogP contribution >= 0.6 is 0 Å². The molecule has 0 aromatic carbocycles. The first-order chi connectivity index (χ1) is 15.9. The number of ether oxygens (including phenoxy) is 1. The van der Waals surface area contributed by atoms with E-state index in [1.807, 2.05) is 12.3 Å². The molecule has 0 aliphatic carbocycles. The lowest BCUT2D eigenvalue weighted by Crippen LogP contribution is -2.39. The number of rotatable bonds is 6. The number of pyridine rings is 1. The molecule has 1 fully saturated rings. The molecular weight excluding hydrogens is 442 g/mol. The van der Waals surface area contributed by atoms with Crippen molar-refractivity contribution in [2.75, 3.05) is 37.3 Å². The van der Waals surface area contributed by atoms with E-state index < -0.39 is 10.0 Å². The number of sulfonamides is 1. The predicted octanol–water partition coefficient (Wildman–Crippen LogP) is 2.69. The fraction of sp³-hybridized carbons (Fsp3) is 0.609. The average molecular weight is 474 g/mol. The zero-order valence-electron chi connectivity index (χ0n) is 19.2. The second-order valence-electron chi connectivity index (χ2n) is 9.20. The third-order valence-corrected chi connectivity index (χ3v) is 8.16. The van der Waals surface area contributed by atoms with Gasteiger partial charge >= 0.3 is 0 Å². The van der Waals surface area contributed by atoms with Crippen LogP contribution in [0.1, 0.15) is 49.8 Å². The van der Waals surface area contributed by atoms with Crippen molar-refractivity contribution in [3.8, 4) is 5.75 Å². The molecule has 3 aliphatic heterocycles. The zero-order valence-corrected chi connectivity index (χ0v) is 20.1. The standard InChI is InChI=1S/C23H31N5O4S/c1-3-4-22-25-23(26-32-22)27-9-5-17(6-10-27)20-14-18-13-19(24-15-21(18)31-20)16-7-11-28(12-8-16)33(2,29)30/h7,13,15,17,20H,3-6,8-12,14H2,1-2H3/t20-/m1/s1. The second-order valence-corrected chi connectivity index (χ2v) is 11.2. The van der Waals surface area contributed by atoms with Gasteiger partial charge in [-0.25, -0.2) is 8.42 Å². The normalized spacial score (nSPS) is 22.2. The fourth-order valence-corrected chi connectivity index (χ4v) is 5.72. The topological polar surface area (TPSA) is 102 Å². The van der Waals surface area contributed by atoms with Gasteiger partial charge in [0, 0.05) is 44.6 Å². The van der Waals surface area contributed by atoms with Gasteiger partial charge in [-0.1, -0.05) is 13.0 Å². The predicted molar refractivity (Wildman–Crippen MR) is 125 cm³/mol. The molecule has 0 unspecified atom stereocenters. The van der Waals surface area contributed by atoms with Gasteiger partial charge in [0.25, 0.3) is 5.95 Å². The SMILES string of the molecule is CCCc1nc(N2CCC([C@H]3Cc4cc(C5=CCN(S(C)(=O)=O)CC5)ncc4O3)CC2)no1. The zero-order chi connectivity index (χ0) is 23.0. The molecule has 33 heavy (non-hydrogen) atoms. The minimum atomic E-state index is -3.15. The van der Waals surface area contributed by atoms with Gasteiger partial charge in [0.1, 0.15) is 11.9 Å². The largest absolute Gasteiger partial charge is 0.488 e. The number of aryl methyl sites for hydroxylation is 1. The van der Waals surface area contributed by atoms with Crippen LogP contribution in [0.3, 0.4) is 0 Å². The second kappa shape index (κ2) is 9.06. The molecule has 1 atom stereocenters. The number of nitrogens with zero attached hydrogens (tertiary/aromatic N) is 5. The van der Waals surface area contributed by atoms with E-state index in [0.717, 1.165) is 62.2 Å². The van der Waals surface area contributed by atoms with Gasteiger partial charge in [-0.2, -0.15) is 9.29 Å². The summed E-state index contributed by atoms with van der Waals surface area (Å²) in [6.45, 7) is 4.82. The third kappa shape index (κ3) is 4.77. The maximum absolute atomic E-state index is 11.7. The van der Waals surface area contributed by atoms with Crippen molar-refractivity contribution in [3.63, 3.8) is 0 Å². The van der Waals surface area contributed by atoms with Gasteiger partial charge in [0.2, 0.25) is 15.9 Å². The average Bonchev–Trinajstić information content (AvgIpc) is 3.46. The number of hydrogen-bond acceptors (Lipinski definition) is 8. The van der Waals surface area contributed by atoms with Gasteiger partial charge < -0.3 is 14.2 Å². The summed E-state index contributed by atoms with van der Waals surface area (Å²) in [6, 6.07) is 2.13. The van der Waals surface area contributed by atoms with Crippen molar-refractivity contribution < 1.29 is 17.7 Å². The van der Waals surface area contributed by atoms with Crippen LogP contribution in [0, 0.1) is 5.92 Å². The molecule has 0 spiro atoms. The lowest BCUT2D eigenvalue weighted by molar-refractivity contribution is 0.138. The highest BCUT2D eigenvalue weighted by Gasteiger charge is 2.34. The molecule has 3 aliphatic rings. The minimum absolute atomic E-state index is 0.168. The van der Waals surface area contributed by atoms with Crippen molar-refractivity contribution in [2.24, 2.45) is 5.92 Å². The smallest absolute Gasteiger partial charge is 0.266 e. The highest BCUT2D eigenvalue weighted by Crippen LogP contribution is 2.37. The summed E-state index contributed by atoms with van der Waals surface area (Å²) in [4.78, 5) is 11.3. The molecule has 2 aromatic rings. The molecule has 0 radical (unpaired) electrons. The van der Waals surface area contributed by atoms with Gasteiger partial charge in [-0.05, 0) is 48.4 Å². The third-order valence-electron chi connectivity index (χ3n) is 6.89. The van der Waals surface area contributed by atoms with Crippen LogP contribution < -0.4 is 9.64 Å². The van der Waals surface area contributed by atoms with Crippen molar-refractivity contribution >= 4 is 21.5 Å². The van der Waals surface area contributed by atoms with Crippen molar-refractivity contribution in [1.82, 2.24) is 19.4 Å². The van der Waals surface area contributed by atoms with Gasteiger partial charge in [0.05, 0.1) is 18.1 Å². The Morgan fingerprint density at radius 3 is 2.73 bits per heavy atom. The van der Waals surface area contributed by atoms with E-state index in [1.165, 1.54) is 16.1 Å². The summed E-state index contributed by atoms with van der Waals surface area (Å²) in [5, 5.41) is 4.14. The first kappa shape index (κ1) is 22.3. The Labute approximate surface area is 194 Å². The molecule has 0 saturated carbocycles. The number of piperidine rings is 1. The van der Waals surface area contributed by atoms with Gasteiger partial charge in [0.15, 0.2) is 0 Å². The van der Waals surface area contributed by atoms with Crippen LogP contribution in [-0.4, -0.2) is 66.4 Å². The Balaban J connectivity index is 1.19. The number of hydrogen-bond donors (Lipinski definition) is 0.